The molecule has 1 amide bonds. The van der Waals surface area contributed by atoms with Gasteiger partial charge in [0.25, 0.3) is 5.91 Å². The Morgan fingerprint density at radius 1 is 0.929 bits per heavy atom. The quantitative estimate of drug-likeness (QED) is 0.660. The fourth-order valence-corrected chi connectivity index (χ4v) is 4.66. The fourth-order valence-electron chi connectivity index (χ4n) is 3.59. The van der Waals surface area contributed by atoms with Crippen LogP contribution in [0.15, 0.2) is 60.7 Å². The van der Waals surface area contributed by atoms with Crippen LogP contribution in [0.2, 0.25) is 0 Å². The van der Waals surface area contributed by atoms with E-state index in [0.717, 1.165) is 54.7 Å². The van der Waals surface area contributed by atoms with Gasteiger partial charge in [-0.3, -0.25) is 9.69 Å². The van der Waals surface area contributed by atoms with Gasteiger partial charge in [-0.25, -0.2) is 4.98 Å². The molecule has 1 aromatic heterocycles. The van der Waals surface area contributed by atoms with Crippen LogP contribution in [0.1, 0.15) is 31.5 Å². The Morgan fingerprint density at radius 2 is 1.54 bits per heavy atom. The van der Waals surface area contributed by atoms with Gasteiger partial charge in [0.2, 0.25) is 0 Å². The predicted octanol–water partition coefficient (Wildman–Crippen LogP) is 4.00. The third kappa shape index (κ3) is 4.49. The van der Waals surface area contributed by atoms with E-state index in [1.807, 2.05) is 36.1 Å². The van der Waals surface area contributed by atoms with E-state index in [1.54, 1.807) is 11.3 Å². The number of amides is 1. The van der Waals surface area contributed by atoms with Gasteiger partial charge in [0, 0.05) is 39.1 Å². The van der Waals surface area contributed by atoms with Gasteiger partial charge in [0.05, 0.1) is 10.7 Å². The van der Waals surface area contributed by atoms with E-state index in [0.29, 0.717) is 0 Å². The van der Waals surface area contributed by atoms with Crippen LogP contribution < -0.4 is 0 Å². The fraction of sp³-hybridized carbons (Fsp3) is 0.304. The van der Waals surface area contributed by atoms with Crippen molar-refractivity contribution in [2.45, 2.75) is 19.9 Å². The highest BCUT2D eigenvalue weighted by Crippen LogP contribution is 2.23. The number of piperazine rings is 1. The molecule has 0 spiro atoms. The van der Waals surface area contributed by atoms with Crippen LogP contribution in [-0.4, -0.2) is 46.9 Å². The first-order valence-corrected chi connectivity index (χ1v) is 10.6. The molecule has 144 valence electrons. The van der Waals surface area contributed by atoms with Crippen LogP contribution in [-0.2, 0) is 13.0 Å². The Kier molecular flexibility index (Phi) is 5.84. The molecular formula is C23H25N3OS. The summed E-state index contributed by atoms with van der Waals surface area (Å²) in [6, 6.07) is 20.8. The average molecular weight is 392 g/mol. The molecule has 0 aliphatic carbocycles. The highest BCUT2D eigenvalue weighted by atomic mass is 32.1. The van der Waals surface area contributed by atoms with Crippen molar-refractivity contribution < 1.29 is 4.79 Å². The van der Waals surface area contributed by atoms with Gasteiger partial charge < -0.3 is 4.90 Å². The number of hydrogen-bond donors (Lipinski definition) is 0. The lowest BCUT2D eigenvalue weighted by Gasteiger charge is -2.34. The van der Waals surface area contributed by atoms with E-state index < -0.39 is 0 Å². The Morgan fingerprint density at radius 3 is 2.18 bits per heavy atom. The number of rotatable bonds is 5. The normalized spacial score (nSPS) is 15.0. The van der Waals surface area contributed by atoms with Crippen LogP contribution in [0, 0.1) is 6.92 Å². The van der Waals surface area contributed by atoms with E-state index in [4.69, 9.17) is 0 Å². The lowest BCUT2D eigenvalue weighted by Crippen LogP contribution is -2.48. The number of carbonyl (C=O) groups excluding carboxylic acids is 1. The molecule has 1 saturated heterocycles. The molecule has 0 radical (unpaired) electrons. The Labute approximate surface area is 170 Å². The second-order valence-corrected chi connectivity index (χ2v) is 8.32. The van der Waals surface area contributed by atoms with Crippen LogP contribution in [0.5, 0.6) is 0 Å². The monoisotopic (exact) mass is 391 g/mol. The van der Waals surface area contributed by atoms with Gasteiger partial charge in [0.15, 0.2) is 0 Å². The van der Waals surface area contributed by atoms with E-state index in [-0.39, 0.29) is 5.91 Å². The van der Waals surface area contributed by atoms with Crippen molar-refractivity contribution in [3.8, 4) is 0 Å². The second-order valence-electron chi connectivity index (χ2n) is 7.24. The molecule has 1 fully saturated rings. The van der Waals surface area contributed by atoms with Gasteiger partial charge >= 0.3 is 0 Å². The largest absolute Gasteiger partial charge is 0.335 e. The number of benzene rings is 2. The molecule has 0 atom stereocenters. The maximum absolute atomic E-state index is 13.0. The van der Waals surface area contributed by atoms with Gasteiger partial charge in [-0.05, 0) is 18.1 Å². The third-order valence-corrected chi connectivity index (χ3v) is 6.29. The van der Waals surface area contributed by atoms with E-state index in [9.17, 15) is 4.79 Å². The van der Waals surface area contributed by atoms with Crippen molar-refractivity contribution in [3.63, 3.8) is 0 Å². The van der Waals surface area contributed by atoms with Crippen molar-refractivity contribution in [1.82, 2.24) is 14.8 Å². The summed E-state index contributed by atoms with van der Waals surface area (Å²) in [7, 11) is 0. The molecule has 0 N–H and O–H groups in total. The van der Waals surface area contributed by atoms with E-state index >= 15 is 0 Å². The van der Waals surface area contributed by atoms with E-state index in [2.05, 4.69) is 46.3 Å². The molecule has 0 bridgehead atoms. The second kappa shape index (κ2) is 8.67. The summed E-state index contributed by atoms with van der Waals surface area (Å²) in [5, 5.41) is 1.01. The van der Waals surface area contributed by atoms with Crippen LogP contribution in [0.3, 0.4) is 0 Å². The van der Waals surface area contributed by atoms with Gasteiger partial charge in [-0.1, -0.05) is 60.7 Å². The molecule has 1 aliphatic heterocycles. The summed E-state index contributed by atoms with van der Waals surface area (Å²) >= 11 is 1.54. The lowest BCUT2D eigenvalue weighted by atomic mass is 10.2. The summed E-state index contributed by atoms with van der Waals surface area (Å²) in [6.45, 7) is 6.27. The SMILES string of the molecule is Cc1nc(Cc2ccccc2)sc1C(=O)N1CCN(Cc2ccccc2)CC1. The molecule has 2 heterocycles. The smallest absolute Gasteiger partial charge is 0.265 e. The Bertz CT molecular complexity index is 916. The van der Waals surface area contributed by atoms with Crippen molar-refractivity contribution >= 4 is 17.2 Å². The van der Waals surface area contributed by atoms with Crippen molar-refractivity contribution in [2.24, 2.45) is 0 Å². The summed E-state index contributed by atoms with van der Waals surface area (Å²) in [6.07, 6.45) is 0.782. The summed E-state index contributed by atoms with van der Waals surface area (Å²) in [5.74, 6) is 0.133. The number of hydrogen-bond acceptors (Lipinski definition) is 4. The van der Waals surface area contributed by atoms with E-state index in [1.165, 1.54) is 11.1 Å². The molecule has 4 rings (SSSR count). The summed E-state index contributed by atoms with van der Waals surface area (Å²) < 4.78 is 0. The van der Waals surface area contributed by atoms with Gasteiger partial charge in [-0.2, -0.15) is 0 Å². The maximum Gasteiger partial charge on any atom is 0.265 e. The number of thiazole rings is 1. The van der Waals surface area contributed by atoms with Gasteiger partial charge in [-0.15, -0.1) is 11.3 Å². The minimum atomic E-state index is 0.133. The zero-order valence-corrected chi connectivity index (χ0v) is 17.0. The number of aryl methyl sites for hydroxylation is 1. The van der Waals surface area contributed by atoms with Crippen LogP contribution in [0.25, 0.3) is 0 Å². The van der Waals surface area contributed by atoms with Crippen LogP contribution in [0.4, 0.5) is 0 Å². The molecule has 4 nitrogen and oxygen atoms in total. The molecule has 2 aromatic carbocycles. The zero-order valence-electron chi connectivity index (χ0n) is 16.2. The van der Waals surface area contributed by atoms with Crippen molar-refractivity contribution in [3.05, 3.63) is 87.4 Å². The molecule has 0 unspecified atom stereocenters. The molecular weight excluding hydrogens is 366 g/mol. The van der Waals surface area contributed by atoms with Gasteiger partial charge in [0.1, 0.15) is 4.88 Å². The minimum absolute atomic E-state index is 0.133. The topological polar surface area (TPSA) is 36.4 Å². The van der Waals surface area contributed by atoms with Crippen molar-refractivity contribution in [1.29, 1.82) is 0 Å². The Hall–Kier alpha value is -2.50. The van der Waals surface area contributed by atoms with Crippen molar-refractivity contribution in [2.75, 3.05) is 26.2 Å². The lowest BCUT2D eigenvalue weighted by molar-refractivity contribution is 0.0632. The number of nitrogens with zero attached hydrogens (tertiary/aromatic N) is 3. The van der Waals surface area contributed by atoms with Crippen LogP contribution >= 0.6 is 11.3 Å². The Balaban J connectivity index is 1.36. The third-order valence-electron chi connectivity index (χ3n) is 5.14. The first-order chi connectivity index (χ1) is 13.7. The molecule has 1 aliphatic rings. The standard InChI is InChI=1S/C23H25N3OS/c1-18-22(28-21(24-18)16-19-8-4-2-5-9-19)23(27)26-14-12-25(13-15-26)17-20-10-6-3-7-11-20/h2-11H,12-17H2,1H3. The maximum atomic E-state index is 13.0. The number of aromatic nitrogens is 1. The molecule has 28 heavy (non-hydrogen) atoms. The molecule has 3 aromatic rings. The zero-order chi connectivity index (χ0) is 19.3. The number of carbonyl (C=O) groups is 1. The first kappa shape index (κ1) is 18.8. The minimum Gasteiger partial charge on any atom is -0.335 e. The first-order valence-electron chi connectivity index (χ1n) is 9.75. The highest BCUT2D eigenvalue weighted by molar-refractivity contribution is 7.13. The average Bonchev–Trinajstić information content (AvgIpc) is 3.09. The predicted molar refractivity (Wildman–Crippen MR) is 114 cm³/mol. The molecule has 5 heteroatoms. The molecule has 0 saturated carbocycles. The summed E-state index contributed by atoms with van der Waals surface area (Å²) in [5.41, 5.74) is 3.41. The highest BCUT2D eigenvalue weighted by Gasteiger charge is 2.25. The summed E-state index contributed by atoms with van der Waals surface area (Å²) in [4.78, 5) is 22.9.